The van der Waals surface area contributed by atoms with E-state index in [0.717, 1.165) is 37.6 Å². The van der Waals surface area contributed by atoms with Gasteiger partial charge in [-0.2, -0.15) is 4.31 Å². The summed E-state index contributed by atoms with van der Waals surface area (Å²) in [4.78, 5) is 11.4. The van der Waals surface area contributed by atoms with Gasteiger partial charge in [-0.05, 0) is 33.2 Å². The molecule has 1 saturated heterocycles. The Morgan fingerprint density at radius 1 is 1.25 bits per heavy atom. The Morgan fingerprint density at radius 2 is 2.00 bits per heavy atom. The van der Waals surface area contributed by atoms with Crippen LogP contribution >= 0.6 is 0 Å². The molecular formula is C18H28N6O3S. The lowest BCUT2D eigenvalue weighted by molar-refractivity contribution is 0.389. The average molecular weight is 409 g/mol. The van der Waals surface area contributed by atoms with Gasteiger partial charge in [-0.15, -0.1) is 0 Å². The summed E-state index contributed by atoms with van der Waals surface area (Å²) >= 11 is 0. The summed E-state index contributed by atoms with van der Waals surface area (Å²) in [6.45, 7) is 5.21. The number of hydrogen-bond acceptors (Lipinski definition) is 8. The Bertz CT molecular complexity index is 915. The predicted molar refractivity (Wildman–Crippen MR) is 106 cm³/mol. The van der Waals surface area contributed by atoms with Crippen molar-refractivity contribution in [1.29, 1.82) is 0 Å². The quantitative estimate of drug-likeness (QED) is 0.766. The molecule has 0 aromatic carbocycles. The highest BCUT2D eigenvalue weighted by Crippen LogP contribution is 2.26. The smallest absolute Gasteiger partial charge is 0.248 e. The maximum Gasteiger partial charge on any atom is 0.248 e. The van der Waals surface area contributed by atoms with Crippen LogP contribution in [0.1, 0.15) is 41.7 Å². The Labute approximate surface area is 166 Å². The number of hydrogen-bond donors (Lipinski definition) is 1. The van der Waals surface area contributed by atoms with E-state index < -0.39 is 10.0 Å². The lowest BCUT2D eigenvalue weighted by Gasteiger charge is -2.24. The number of piperidine rings is 1. The van der Waals surface area contributed by atoms with Crippen molar-refractivity contribution in [3.8, 4) is 0 Å². The topological polar surface area (TPSA) is 104 Å². The van der Waals surface area contributed by atoms with Crippen molar-refractivity contribution >= 4 is 15.8 Å². The Morgan fingerprint density at radius 3 is 2.57 bits per heavy atom. The average Bonchev–Trinajstić information content (AvgIpc) is 3.01. The van der Waals surface area contributed by atoms with Gasteiger partial charge >= 0.3 is 0 Å². The lowest BCUT2D eigenvalue weighted by Crippen LogP contribution is -2.31. The highest BCUT2D eigenvalue weighted by Gasteiger charge is 2.29. The fourth-order valence-corrected chi connectivity index (χ4v) is 4.80. The van der Waals surface area contributed by atoms with E-state index >= 15 is 0 Å². The number of aryl methyl sites for hydroxylation is 2. The van der Waals surface area contributed by atoms with Crippen molar-refractivity contribution in [3.05, 3.63) is 29.0 Å². The standard InChI is InChI=1S/C18H28N6O3S/c1-12-17(13(2)27-22-12)28(25,26)24(5)11-15-9-16(23(3)4)21-18(20-15)14-7-6-8-19-10-14/h9,14,19H,6-8,10-11H2,1-5H3/t14-/m0/s1. The third-order valence-corrected chi connectivity index (χ3v) is 6.97. The van der Waals surface area contributed by atoms with E-state index in [1.54, 1.807) is 20.9 Å². The zero-order chi connectivity index (χ0) is 20.5. The van der Waals surface area contributed by atoms with Gasteiger partial charge in [0.2, 0.25) is 10.0 Å². The maximum absolute atomic E-state index is 13.0. The van der Waals surface area contributed by atoms with Gasteiger partial charge in [-0.1, -0.05) is 5.16 Å². The summed E-state index contributed by atoms with van der Waals surface area (Å²) in [7, 11) is 1.64. The maximum atomic E-state index is 13.0. The molecule has 2 aromatic heterocycles. The van der Waals surface area contributed by atoms with Crippen molar-refractivity contribution in [2.45, 2.75) is 44.0 Å². The molecule has 9 nitrogen and oxygen atoms in total. The lowest BCUT2D eigenvalue weighted by atomic mass is 9.99. The summed E-state index contributed by atoms with van der Waals surface area (Å²) in [5, 5.41) is 7.14. The highest BCUT2D eigenvalue weighted by molar-refractivity contribution is 7.89. The first-order chi connectivity index (χ1) is 13.2. The molecule has 0 spiro atoms. The minimum atomic E-state index is -3.74. The van der Waals surface area contributed by atoms with Crippen LogP contribution in [0.3, 0.4) is 0 Å². The van der Waals surface area contributed by atoms with E-state index in [1.807, 2.05) is 25.1 Å². The molecule has 1 fully saturated rings. The molecule has 28 heavy (non-hydrogen) atoms. The number of aromatic nitrogens is 3. The second kappa shape index (κ2) is 8.14. The zero-order valence-electron chi connectivity index (χ0n) is 17.1. The van der Waals surface area contributed by atoms with Crippen molar-refractivity contribution in [2.24, 2.45) is 0 Å². The fourth-order valence-electron chi connectivity index (χ4n) is 3.38. The summed E-state index contributed by atoms with van der Waals surface area (Å²) in [5.41, 5.74) is 1.02. The number of nitrogens with one attached hydrogen (secondary N) is 1. The molecule has 1 aliphatic heterocycles. The van der Waals surface area contributed by atoms with Crippen LogP contribution in [-0.2, 0) is 16.6 Å². The fraction of sp³-hybridized carbons (Fsp3) is 0.611. The number of nitrogens with zero attached hydrogens (tertiary/aromatic N) is 5. The Kier molecular flexibility index (Phi) is 6.01. The number of rotatable bonds is 6. The van der Waals surface area contributed by atoms with E-state index in [1.165, 1.54) is 4.31 Å². The van der Waals surface area contributed by atoms with Gasteiger partial charge in [0.15, 0.2) is 5.76 Å². The molecule has 3 rings (SSSR count). The van der Waals surface area contributed by atoms with E-state index in [4.69, 9.17) is 9.51 Å². The Hall–Kier alpha value is -2.04. The summed E-state index contributed by atoms with van der Waals surface area (Å²) in [6.07, 6.45) is 2.10. The molecule has 0 saturated carbocycles. The summed E-state index contributed by atoms with van der Waals surface area (Å²) in [5.74, 6) is 2.05. The van der Waals surface area contributed by atoms with Crippen LogP contribution in [0.2, 0.25) is 0 Å². The zero-order valence-corrected chi connectivity index (χ0v) is 17.9. The van der Waals surface area contributed by atoms with Crippen LogP contribution in [0, 0.1) is 13.8 Å². The molecule has 1 aliphatic rings. The monoisotopic (exact) mass is 408 g/mol. The van der Waals surface area contributed by atoms with Crippen molar-refractivity contribution in [2.75, 3.05) is 39.1 Å². The van der Waals surface area contributed by atoms with Crippen LogP contribution in [-0.4, -0.2) is 62.1 Å². The first-order valence-corrected chi connectivity index (χ1v) is 10.8. The van der Waals surface area contributed by atoms with Gasteiger partial charge < -0.3 is 14.7 Å². The SMILES string of the molecule is Cc1noc(C)c1S(=O)(=O)N(C)Cc1cc(N(C)C)nc([C@H]2CCCNC2)n1. The molecule has 1 N–H and O–H groups in total. The third-order valence-electron chi connectivity index (χ3n) is 4.92. The largest absolute Gasteiger partial charge is 0.363 e. The van der Waals surface area contributed by atoms with Gasteiger partial charge in [-0.25, -0.2) is 18.4 Å². The molecule has 1 atom stereocenters. The number of anilines is 1. The second-order valence-corrected chi connectivity index (χ2v) is 9.41. The minimum Gasteiger partial charge on any atom is -0.363 e. The van der Waals surface area contributed by atoms with E-state index in [-0.39, 0.29) is 23.1 Å². The van der Waals surface area contributed by atoms with Gasteiger partial charge in [0.1, 0.15) is 22.2 Å². The normalized spacial score (nSPS) is 17.9. The first kappa shape index (κ1) is 20.7. The molecule has 3 heterocycles. The van der Waals surface area contributed by atoms with Crippen LogP contribution in [0.4, 0.5) is 5.82 Å². The van der Waals surface area contributed by atoms with Crippen molar-refractivity contribution in [1.82, 2.24) is 24.7 Å². The molecule has 0 amide bonds. The van der Waals surface area contributed by atoms with E-state index in [9.17, 15) is 8.42 Å². The third kappa shape index (κ3) is 4.18. The molecule has 0 aliphatic carbocycles. The van der Waals surface area contributed by atoms with Crippen LogP contribution in [0.25, 0.3) is 0 Å². The highest BCUT2D eigenvalue weighted by atomic mass is 32.2. The molecule has 0 radical (unpaired) electrons. The van der Waals surface area contributed by atoms with Crippen LogP contribution in [0.5, 0.6) is 0 Å². The predicted octanol–water partition coefficient (Wildman–Crippen LogP) is 1.44. The van der Waals surface area contributed by atoms with Gasteiger partial charge in [0, 0.05) is 39.7 Å². The molecule has 0 unspecified atom stereocenters. The molecule has 0 bridgehead atoms. The second-order valence-electron chi connectivity index (χ2n) is 7.43. The summed E-state index contributed by atoms with van der Waals surface area (Å²) < 4.78 is 32.3. The summed E-state index contributed by atoms with van der Waals surface area (Å²) in [6, 6.07) is 1.83. The van der Waals surface area contributed by atoms with Gasteiger partial charge in [0.05, 0.1) is 12.2 Å². The van der Waals surface area contributed by atoms with Crippen LogP contribution < -0.4 is 10.2 Å². The number of sulfonamides is 1. The Balaban J connectivity index is 1.91. The van der Waals surface area contributed by atoms with E-state index in [2.05, 4.69) is 15.5 Å². The van der Waals surface area contributed by atoms with E-state index in [0.29, 0.717) is 11.4 Å². The minimum absolute atomic E-state index is 0.119. The van der Waals surface area contributed by atoms with Crippen molar-refractivity contribution < 1.29 is 12.9 Å². The first-order valence-electron chi connectivity index (χ1n) is 9.35. The van der Waals surface area contributed by atoms with Crippen LogP contribution in [0.15, 0.2) is 15.5 Å². The molecule has 2 aromatic rings. The van der Waals surface area contributed by atoms with Gasteiger partial charge in [-0.3, -0.25) is 0 Å². The molecular weight excluding hydrogens is 380 g/mol. The molecule has 154 valence electrons. The van der Waals surface area contributed by atoms with Crippen molar-refractivity contribution in [3.63, 3.8) is 0 Å². The van der Waals surface area contributed by atoms with Gasteiger partial charge in [0.25, 0.3) is 0 Å². The molecule has 10 heteroatoms.